The van der Waals surface area contributed by atoms with E-state index >= 15 is 0 Å². The summed E-state index contributed by atoms with van der Waals surface area (Å²) in [5.41, 5.74) is -1.51. The maximum atomic E-state index is 12.4. The molecule has 1 aromatic rings. The van der Waals surface area contributed by atoms with Crippen LogP contribution in [-0.2, 0) is 15.7 Å². The van der Waals surface area contributed by atoms with E-state index in [1.807, 2.05) is 20.8 Å². The zero-order valence-corrected chi connectivity index (χ0v) is 12.5. The third kappa shape index (κ3) is 4.44. The Morgan fingerprint density at radius 1 is 1.45 bits per heavy atom. The highest BCUT2D eigenvalue weighted by molar-refractivity contribution is 5.94. The molecule has 1 aromatic heterocycles. The Morgan fingerprint density at radius 3 is 2.68 bits per heavy atom. The summed E-state index contributed by atoms with van der Waals surface area (Å²) in [6.45, 7) is 6.23. The fourth-order valence-corrected chi connectivity index (χ4v) is 2.17. The van der Waals surface area contributed by atoms with E-state index in [0.29, 0.717) is 19.0 Å². The van der Waals surface area contributed by atoms with E-state index in [-0.39, 0.29) is 17.6 Å². The maximum Gasteiger partial charge on any atom is 0.436 e. The first kappa shape index (κ1) is 16.8. The molecule has 1 saturated heterocycles. The molecule has 1 aliphatic heterocycles. The number of halogens is 3. The van der Waals surface area contributed by atoms with Gasteiger partial charge in [0.05, 0.1) is 17.7 Å². The molecule has 2 rings (SSSR count). The van der Waals surface area contributed by atoms with Gasteiger partial charge in [0.2, 0.25) is 11.8 Å². The Hall–Kier alpha value is -1.61. The van der Waals surface area contributed by atoms with Gasteiger partial charge in [-0.2, -0.15) is 13.2 Å². The highest BCUT2D eigenvalue weighted by atomic mass is 19.4. The number of amides is 1. The van der Waals surface area contributed by atoms with Crippen LogP contribution in [0.25, 0.3) is 0 Å². The van der Waals surface area contributed by atoms with Crippen LogP contribution in [-0.4, -0.2) is 35.4 Å². The Labute approximate surface area is 125 Å². The van der Waals surface area contributed by atoms with Gasteiger partial charge in [-0.15, -0.1) is 0 Å². The van der Waals surface area contributed by atoms with Gasteiger partial charge in [-0.25, -0.2) is 0 Å². The smallest absolute Gasteiger partial charge is 0.371 e. The third-order valence-electron chi connectivity index (χ3n) is 2.97. The quantitative estimate of drug-likeness (QED) is 0.892. The lowest BCUT2D eigenvalue weighted by Crippen LogP contribution is -2.35. The zero-order chi connectivity index (χ0) is 16.5. The molecule has 1 amide bonds. The molecule has 22 heavy (non-hydrogen) atoms. The van der Waals surface area contributed by atoms with Crippen LogP contribution in [0, 0.1) is 0 Å². The molecule has 2 atom stereocenters. The van der Waals surface area contributed by atoms with Crippen molar-refractivity contribution in [1.82, 2.24) is 10.5 Å². The Bertz CT molecular complexity index is 537. The number of ether oxygens (including phenoxy) is 1. The highest BCUT2D eigenvalue weighted by Crippen LogP contribution is 2.30. The van der Waals surface area contributed by atoms with Crippen molar-refractivity contribution in [2.24, 2.45) is 0 Å². The van der Waals surface area contributed by atoms with Crippen molar-refractivity contribution in [2.75, 3.05) is 11.9 Å². The van der Waals surface area contributed by atoms with Crippen LogP contribution in [0.4, 0.5) is 19.1 Å². The van der Waals surface area contributed by atoms with E-state index in [1.165, 1.54) is 0 Å². The van der Waals surface area contributed by atoms with E-state index in [4.69, 9.17) is 4.74 Å². The molecule has 2 N–H and O–H groups in total. The van der Waals surface area contributed by atoms with Gasteiger partial charge in [0.15, 0.2) is 5.69 Å². The lowest BCUT2D eigenvalue weighted by atomic mass is 10.1. The molecule has 124 valence electrons. The standard InChI is InChI=1S/C13H18F3N3O3/c1-12(2,3)21-7-4-8(17-6-7)11(20)18-10-5-9(19-22-10)13(14,15)16/h5,7-8,17H,4,6H2,1-3H3,(H,18,20). The molecule has 0 radical (unpaired) electrons. The van der Waals surface area contributed by atoms with Gasteiger partial charge >= 0.3 is 6.18 Å². The number of nitrogens with one attached hydrogen (secondary N) is 2. The average molecular weight is 321 g/mol. The van der Waals surface area contributed by atoms with E-state index in [2.05, 4.69) is 20.3 Å². The first-order valence-corrected chi connectivity index (χ1v) is 6.80. The fourth-order valence-electron chi connectivity index (χ4n) is 2.17. The number of rotatable bonds is 3. The van der Waals surface area contributed by atoms with Crippen molar-refractivity contribution in [3.05, 3.63) is 11.8 Å². The number of aromatic nitrogens is 1. The van der Waals surface area contributed by atoms with Crippen molar-refractivity contribution < 1.29 is 27.2 Å². The lowest BCUT2D eigenvalue weighted by molar-refractivity contribution is -0.142. The van der Waals surface area contributed by atoms with Crippen LogP contribution in [0.1, 0.15) is 32.9 Å². The summed E-state index contributed by atoms with van der Waals surface area (Å²) >= 11 is 0. The third-order valence-corrected chi connectivity index (χ3v) is 2.97. The van der Waals surface area contributed by atoms with Crippen LogP contribution < -0.4 is 10.6 Å². The summed E-state index contributed by atoms with van der Waals surface area (Å²) in [6, 6.07) is 0.0995. The predicted molar refractivity (Wildman–Crippen MR) is 71.2 cm³/mol. The fraction of sp³-hybridized carbons (Fsp3) is 0.692. The van der Waals surface area contributed by atoms with Crippen molar-refractivity contribution in [2.45, 2.75) is 51.1 Å². The molecule has 0 saturated carbocycles. The monoisotopic (exact) mass is 321 g/mol. The summed E-state index contributed by atoms with van der Waals surface area (Å²) in [4.78, 5) is 12.0. The van der Waals surface area contributed by atoms with Crippen molar-refractivity contribution in [1.29, 1.82) is 0 Å². The molecular formula is C13H18F3N3O3. The first-order valence-electron chi connectivity index (χ1n) is 6.80. The van der Waals surface area contributed by atoms with E-state index in [0.717, 1.165) is 0 Å². The topological polar surface area (TPSA) is 76.4 Å². The molecule has 0 bridgehead atoms. The molecule has 0 spiro atoms. The Balaban J connectivity index is 1.90. The largest absolute Gasteiger partial charge is 0.436 e. The predicted octanol–water partition coefficient (Wildman–Crippen LogP) is 2.18. The molecule has 0 aromatic carbocycles. The normalized spacial score (nSPS) is 22.8. The van der Waals surface area contributed by atoms with Crippen LogP contribution in [0.15, 0.2) is 10.6 Å². The molecule has 1 aliphatic rings. The zero-order valence-electron chi connectivity index (χ0n) is 12.5. The average Bonchev–Trinajstić information content (AvgIpc) is 2.95. The number of carbonyl (C=O) groups is 1. The van der Waals surface area contributed by atoms with E-state index < -0.39 is 23.8 Å². The second-order valence-electron chi connectivity index (χ2n) is 6.11. The van der Waals surface area contributed by atoms with E-state index in [9.17, 15) is 18.0 Å². The van der Waals surface area contributed by atoms with Crippen LogP contribution in [0.2, 0.25) is 0 Å². The summed E-state index contributed by atoms with van der Waals surface area (Å²) in [6.07, 6.45) is -4.30. The number of anilines is 1. The number of hydrogen-bond acceptors (Lipinski definition) is 5. The van der Waals surface area contributed by atoms with E-state index in [1.54, 1.807) is 0 Å². The summed E-state index contributed by atoms with van der Waals surface area (Å²) < 4.78 is 47.4. The van der Waals surface area contributed by atoms with Gasteiger partial charge in [-0.05, 0) is 27.2 Å². The SMILES string of the molecule is CC(C)(C)OC1CNC(C(=O)Nc2cc(C(F)(F)F)no2)C1. The molecule has 9 heteroatoms. The van der Waals surface area contributed by atoms with Gasteiger partial charge in [0, 0.05) is 12.6 Å². The Morgan fingerprint density at radius 2 is 2.14 bits per heavy atom. The summed E-state index contributed by atoms with van der Waals surface area (Å²) in [7, 11) is 0. The molecule has 0 aliphatic carbocycles. The minimum absolute atomic E-state index is 0.129. The van der Waals surface area contributed by atoms with Crippen molar-refractivity contribution >= 4 is 11.8 Å². The number of carbonyl (C=O) groups excluding carboxylic acids is 1. The molecule has 6 nitrogen and oxygen atoms in total. The number of alkyl halides is 3. The molecule has 2 unspecified atom stereocenters. The van der Waals surface area contributed by atoms with Crippen molar-refractivity contribution in [3.63, 3.8) is 0 Å². The van der Waals surface area contributed by atoms with Gasteiger partial charge in [-0.3, -0.25) is 10.1 Å². The second-order valence-corrected chi connectivity index (χ2v) is 6.11. The van der Waals surface area contributed by atoms with Gasteiger partial charge in [-0.1, -0.05) is 5.16 Å². The lowest BCUT2D eigenvalue weighted by Gasteiger charge is -2.24. The Kier molecular flexibility index (Phi) is 4.48. The number of hydrogen-bond donors (Lipinski definition) is 2. The van der Waals surface area contributed by atoms with Crippen LogP contribution in [0.5, 0.6) is 0 Å². The summed E-state index contributed by atoms with van der Waals surface area (Å²) in [5, 5.41) is 8.11. The highest BCUT2D eigenvalue weighted by Gasteiger charge is 2.36. The van der Waals surface area contributed by atoms with Gasteiger partial charge in [0.25, 0.3) is 0 Å². The first-order chi connectivity index (χ1) is 10.0. The number of nitrogens with zero attached hydrogens (tertiary/aromatic N) is 1. The minimum Gasteiger partial charge on any atom is -0.371 e. The van der Waals surface area contributed by atoms with Crippen LogP contribution in [0.3, 0.4) is 0 Å². The molecule has 2 heterocycles. The van der Waals surface area contributed by atoms with Gasteiger partial charge < -0.3 is 14.6 Å². The second kappa shape index (κ2) is 5.88. The molecular weight excluding hydrogens is 303 g/mol. The summed E-state index contributed by atoms with van der Waals surface area (Å²) in [5.74, 6) is -0.816. The minimum atomic E-state index is -4.61. The molecule has 1 fully saturated rings. The van der Waals surface area contributed by atoms with Gasteiger partial charge in [0.1, 0.15) is 0 Å². The van der Waals surface area contributed by atoms with Crippen molar-refractivity contribution in [3.8, 4) is 0 Å². The maximum absolute atomic E-state index is 12.4. The van der Waals surface area contributed by atoms with Crippen LogP contribution >= 0.6 is 0 Å².